The quantitative estimate of drug-likeness (QED) is 0.785. The maximum Gasteiger partial charge on any atom is 0.0990 e. The number of fused-ring (bicyclic) bond motifs is 1. The molecule has 2 rings (SSSR count). The average molecular weight is 208 g/mol. The van der Waals surface area contributed by atoms with Gasteiger partial charge in [0.1, 0.15) is 0 Å². The molecule has 1 aromatic heterocycles. The minimum Gasteiger partial charge on any atom is -0.384 e. The van der Waals surface area contributed by atoms with Crippen molar-refractivity contribution in [2.45, 2.75) is 12.5 Å². The molecule has 1 aromatic carbocycles. The monoisotopic (exact) mass is 208 g/mol. The topological polar surface area (TPSA) is 59.1 Å². The highest BCUT2D eigenvalue weighted by molar-refractivity contribution is 7.16. The van der Waals surface area contributed by atoms with Crippen molar-refractivity contribution in [1.82, 2.24) is 4.98 Å². The molecule has 0 saturated carbocycles. The predicted molar refractivity (Wildman–Crippen MR) is 58.2 cm³/mol. The van der Waals surface area contributed by atoms with E-state index in [1.54, 1.807) is 23.8 Å². The van der Waals surface area contributed by atoms with Gasteiger partial charge in [-0.2, -0.15) is 0 Å². The van der Waals surface area contributed by atoms with Gasteiger partial charge in [-0.05, 0) is 24.6 Å². The van der Waals surface area contributed by atoms with Gasteiger partial charge in [0.25, 0.3) is 0 Å². The summed E-state index contributed by atoms with van der Waals surface area (Å²) >= 11 is 1.59. The Labute approximate surface area is 86.2 Å². The normalized spacial score (nSPS) is 15.6. The highest BCUT2D eigenvalue weighted by Crippen LogP contribution is 2.25. The van der Waals surface area contributed by atoms with E-state index in [0.717, 1.165) is 15.8 Å². The number of nitrogens with two attached hydrogens (primary N) is 1. The van der Waals surface area contributed by atoms with Crippen LogP contribution in [0, 0.1) is 0 Å². The summed E-state index contributed by atoms with van der Waals surface area (Å²) in [6.07, 6.45) is 0. The molecule has 0 fully saturated rings. The van der Waals surface area contributed by atoms with Crippen LogP contribution < -0.4 is 5.73 Å². The van der Waals surface area contributed by atoms with Gasteiger partial charge in [0.05, 0.1) is 21.3 Å². The Morgan fingerprint density at radius 2 is 2.36 bits per heavy atom. The van der Waals surface area contributed by atoms with E-state index >= 15 is 0 Å². The van der Waals surface area contributed by atoms with Crippen molar-refractivity contribution in [2.24, 2.45) is 5.73 Å². The van der Waals surface area contributed by atoms with Crippen molar-refractivity contribution in [3.8, 4) is 0 Å². The molecule has 2 aromatic rings. The summed E-state index contributed by atoms with van der Waals surface area (Å²) in [6.45, 7) is 1.92. The lowest BCUT2D eigenvalue weighted by Gasteiger charge is -2.21. The molecule has 0 radical (unpaired) electrons. The summed E-state index contributed by atoms with van der Waals surface area (Å²) in [5.41, 5.74) is 8.06. The number of hydrogen-bond acceptors (Lipinski definition) is 4. The second-order valence-corrected chi connectivity index (χ2v) is 4.40. The maximum atomic E-state index is 9.94. The van der Waals surface area contributed by atoms with Crippen molar-refractivity contribution in [1.29, 1.82) is 0 Å². The smallest absolute Gasteiger partial charge is 0.0990 e. The molecule has 1 unspecified atom stereocenters. The molecule has 1 heterocycles. The summed E-state index contributed by atoms with van der Waals surface area (Å²) < 4.78 is 1.13. The second-order valence-electron chi connectivity index (χ2n) is 3.51. The minimum atomic E-state index is -0.961. The molecule has 0 amide bonds. The Bertz CT molecular complexity index is 450. The molecule has 0 aliphatic carbocycles. The summed E-state index contributed by atoms with van der Waals surface area (Å²) in [5, 5.41) is 9.94. The number of rotatable bonds is 2. The fraction of sp³-hybridized carbons (Fsp3) is 0.300. The zero-order valence-electron chi connectivity index (χ0n) is 7.90. The Morgan fingerprint density at radius 3 is 3.07 bits per heavy atom. The number of thiazole rings is 1. The van der Waals surface area contributed by atoms with Crippen molar-refractivity contribution in [2.75, 3.05) is 6.54 Å². The van der Waals surface area contributed by atoms with E-state index in [1.165, 1.54) is 0 Å². The number of hydrogen-bond donors (Lipinski definition) is 2. The van der Waals surface area contributed by atoms with Crippen molar-refractivity contribution >= 4 is 21.6 Å². The number of nitrogens with zero attached hydrogens (tertiary/aromatic N) is 1. The lowest BCUT2D eigenvalue weighted by atomic mass is 9.96. The third-order valence-electron chi connectivity index (χ3n) is 2.35. The first-order valence-corrected chi connectivity index (χ1v) is 5.27. The SMILES string of the molecule is CC(O)(CN)c1ccc2scnc2c1. The van der Waals surface area contributed by atoms with Crippen LogP contribution in [0.25, 0.3) is 10.2 Å². The van der Waals surface area contributed by atoms with Crippen molar-refractivity contribution in [3.63, 3.8) is 0 Å². The van der Waals surface area contributed by atoms with Crippen LogP contribution in [0.1, 0.15) is 12.5 Å². The van der Waals surface area contributed by atoms with E-state index in [-0.39, 0.29) is 6.54 Å². The van der Waals surface area contributed by atoms with Gasteiger partial charge in [-0.1, -0.05) is 6.07 Å². The molecule has 4 heteroatoms. The van der Waals surface area contributed by atoms with Crippen LogP contribution in [0.15, 0.2) is 23.7 Å². The van der Waals surface area contributed by atoms with Gasteiger partial charge in [0.15, 0.2) is 0 Å². The molecule has 14 heavy (non-hydrogen) atoms. The van der Waals surface area contributed by atoms with E-state index in [2.05, 4.69) is 4.98 Å². The molecule has 0 aliphatic heterocycles. The van der Waals surface area contributed by atoms with E-state index in [9.17, 15) is 5.11 Å². The predicted octanol–water partition coefficient (Wildman–Crippen LogP) is 1.46. The largest absolute Gasteiger partial charge is 0.384 e. The van der Waals surface area contributed by atoms with E-state index in [4.69, 9.17) is 5.73 Å². The van der Waals surface area contributed by atoms with Gasteiger partial charge in [-0.25, -0.2) is 4.98 Å². The molecular weight excluding hydrogens is 196 g/mol. The van der Waals surface area contributed by atoms with Gasteiger partial charge in [-0.15, -0.1) is 11.3 Å². The van der Waals surface area contributed by atoms with Crippen LogP contribution in [-0.2, 0) is 5.60 Å². The first-order valence-electron chi connectivity index (χ1n) is 4.40. The highest BCUT2D eigenvalue weighted by atomic mass is 32.1. The van der Waals surface area contributed by atoms with Crippen molar-refractivity contribution in [3.05, 3.63) is 29.3 Å². The molecule has 3 N–H and O–H groups in total. The lowest BCUT2D eigenvalue weighted by Crippen LogP contribution is -2.31. The Hall–Kier alpha value is -0.970. The summed E-state index contributed by atoms with van der Waals surface area (Å²) in [7, 11) is 0. The highest BCUT2D eigenvalue weighted by Gasteiger charge is 2.21. The average Bonchev–Trinajstić information content (AvgIpc) is 2.64. The van der Waals surface area contributed by atoms with Crippen LogP contribution in [-0.4, -0.2) is 16.6 Å². The van der Waals surface area contributed by atoms with Crippen molar-refractivity contribution < 1.29 is 5.11 Å². The van der Waals surface area contributed by atoms with E-state index < -0.39 is 5.60 Å². The first kappa shape index (κ1) is 9.58. The van der Waals surface area contributed by atoms with E-state index in [0.29, 0.717) is 0 Å². The van der Waals surface area contributed by atoms with Gasteiger partial charge in [0, 0.05) is 6.54 Å². The molecule has 0 spiro atoms. The zero-order valence-corrected chi connectivity index (χ0v) is 8.71. The van der Waals surface area contributed by atoms with Crippen LogP contribution >= 0.6 is 11.3 Å². The Morgan fingerprint density at radius 1 is 1.57 bits per heavy atom. The second kappa shape index (κ2) is 3.31. The summed E-state index contributed by atoms with van der Waals surface area (Å²) in [6, 6.07) is 5.75. The molecule has 74 valence electrons. The molecule has 3 nitrogen and oxygen atoms in total. The van der Waals surface area contributed by atoms with Crippen LogP contribution in [0.2, 0.25) is 0 Å². The van der Waals surface area contributed by atoms with Crippen LogP contribution in [0.5, 0.6) is 0 Å². The van der Waals surface area contributed by atoms with Crippen LogP contribution in [0.4, 0.5) is 0 Å². The number of benzene rings is 1. The number of aromatic nitrogens is 1. The fourth-order valence-electron chi connectivity index (χ4n) is 1.31. The van der Waals surface area contributed by atoms with Gasteiger partial charge in [0.2, 0.25) is 0 Å². The maximum absolute atomic E-state index is 9.94. The number of aliphatic hydroxyl groups is 1. The zero-order chi connectivity index (χ0) is 10.2. The third kappa shape index (κ3) is 1.52. The third-order valence-corrected chi connectivity index (χ3v) is 3.16. The molecule has 0 aliphatic rings. The summed E-state index contributed by atoms with van der Waals surface area (Å²) in [5.74, 6) is 0. The Balaban J connectivity index is 2.53. The summed E-state index contributed by atoms with van der Waals surface area (Å²) in [4.78, 5) is 4.19. The van der Waals surface area contributed by atoms with Gasteiger partial charge < -0.3 is 10.8 Å². The fourth-order valence-corrected chi connectivity index (χ4v) is 1.97. The van der Waals surface area contributed by atoms with Crippen LogP contribution in [0.3, 0.4) is 0 Å². The standard InChI is InChI=1S/C10H12N2OS/c1-10(13,5-11)7-2-3-9-8(4-7)12-6-14-9/h2-4,6,13H,5,11H2,1H3. The van der Waals surface area contributed by atoms with Gasteiger partial charge >= 0.3 is 0 Å². The first-order chi connectivity index (χ1) is 6.63. The molecule has 0 bridgehead atoms. The lowest BCUT2D eigenvalue weighted by molar-refractivity contribution is 0.0670. The van der Waals surface area contributed by atoms with E-state index in [1.807, 2.05) is 18.2 Å². The Kier molecular flexibility index (Phi) is 2.26. The molecule has 0 saturated heterocycles. The molecular formula is C10H12N2OS. The minimum absolute atomic E-state index is 0.211. The molecule has 1 atom stereocenters. The van der Waals surface area contributed by atoms with Gasteiger partial charge in [-0.3, -0.25) is 0 Å².